The Morgan fingerprint density at radius 1 is 1.05 bits per heavy atom. The second kappa shape index (κ2) is 11.9. The molecule has 0 saturated carbocycles. The van der Waals surface area contributed by atoms with Crippen molar-refractivity contribution in [2.45, 2.75) is 26.5 Å². The fourth-order valence-electron chi connectivity index (χ4n) is 4.42. The molecule has 0 amide bonds. The Morgan fingerprint density at radius 2 is 1.69 bits per heavy atom. The number of thiazole rings is 1. The lowest BCUT2D eigenvalue weighted by Crippen LogP contribution is -2.39. The average Bonchev–Trinajstić information content (AvgIpc) is 3.22. The molecule has 3 aromatic carbocycles. The average molecular weight is 668 g/mol. The number of aromatic nitrogens is 1. The summed E-state index contributed by atoms with van der Waals surface area (Å²) in [6.45, 7) is 4.20. The highest BCUT2D eigenvalue weighted by Crippen LogP contribution is 2.36. The fraction of sp³-hybridized carbons (Fsp3) is 0.167. The summed E-state index contributed by atoms with van der Waals surface area (Å²) in [5.41, 5.74) is 3.37. The number of benzene rings is 3. The maximum Gasteiger partial charge on any atom is 0.338 e. The number of carbonyl (C=O) groups excluding carboxylic acids is 1. The van der Waals surface area contributed by atoms with Gasteiger partial charge in [-0.1, -0.05) is 72.0 Å². The van der Waals surface area contributed by atoms with Crippen molar-refractivity contribution in [3.8, 4) is 5.75 Å². The van der Waals surface area contributed by atoms with Gasteiger partial charge >= 0.3 is 5.97 Å². The molecule has 0 N–H and O–H groups in total. The van der Waals surface area contributed by atoms with Gasteiger partial charge in [-0.05, 0) is 80.6 Å². The molecule has 0 fully saturated rings. The van der Waals surface area contributed by atoms with Crippen molar-refractivity contribution in [2.24, 2.45) is 4.99 Å². The van der Waals surface area contributed by atoms with Crippen LogP contribution >= 0.6 is 43.2 Å². The van der Waals surface area contributed by atoms with Crippen LogP contribution in [0.25, 0.3) is 6.08 Å². The van der Waals surface area contributed by atoms with Gasteiger partial charge in [-0.2, -0.15) is 0 Å². The van der Waals surface area contributed by atoms with E-state index in [0.29, 0.717) is 33.0 Å². The van der Waals surface area contributed by atoms with Crippen molar-refractivity contribution in [1.29, 1.82) is 0 Å². The third kappa shape index (κ3) is 5.71. The lowest BCUT2D eigenvalue weighted by atomic mass is 9.96. The Hall–Kier alpha value is -3.27. The normalized spacial score (nSPS) is 15.1. The molecule has 0 spiro atoms. The van der Waals surface area contributed by atoms with E-state index < -0.39 is 12.0 Å². The first-order valence-electron chi connectivity index (χ1n) is 12.3. The van der Waals surface area contributed by atoms with Crippen LogP contribution in [-0.2, 0) is 16.1 Å². The summed E-state index contributed by atoms with van der Waals surface area (Å²) in [5.74, 6) is 0.206. The summed E-state index contributed by atoms with van der Waals surface area (Å²) in [7, 11) is 0. The highest BCUT2D eigenvalue weighted by atomic mass is 79.9. The molecule has 1 aromatic heterocycles. The van der Waals surface area contributed by atoms with Crippen LogP contribution in [0, 0.1) is 0 Å². The summed E-state index contributed by atoms with van der Waals surface area (Å²) in [6, 6.07) is 22.6. The Labute approximate surface area is 246 Å². The number of hydrogen-bond acceptors (Lipinski definition) is 6. The first-order chi connectivity index (χ1) is 18.9. The molecule has 0 bridgehead atoms. The van der Waals surface area contributed by atoms with Crippen molar-refractivity contribution >= 4 is 55.2 Å². The minimum absolute atomic E-state index is 0.224. The highest BCUT2D eigenvalue weighted by molar-refractivity contribution is 9.11. The van der Waals surface area contributed by atoms with Gasteiger partial charge in [-0.3, -0.25) is 9.36 Å². The van der Waals surface area contributed by atoms with Crippen molar-refractivity contribution in [3.63, 3.8) is 0 Å². The van der Waals surface area contributed by atoms with E-state index in [1.807, 2.05) is 78.9 Å². The Balaban J connectivity index is 1.56. The molecule has 0 radical (unpaired) electrons. The van der Waals surface area contributed by atoms with Crippen LogP contribution in [0.2, 0.25) is 0 Å². The van der Waals surface area contributed by atoms with E-state index >= 15 is 0 Å². The van der Waals surface area contributed by atoms with E-state index in [4.69, 9.17) is 9.47 Å². The van der Waals surface area contributed by atoms with Crippen LogP contribution in [0.15, 0.2) is 103 Å². The van der Waals surface area contributed by atoms with Crippen molar-refractivity contribution in [2.75, 3.05) is 6.61 Å². The minimum Gasteiger partial charge on any atom is -0.487 e. The zero-order chi connectivity index (χ0) is 27.5. The van der Waals surface area contributed by atoms with Crippen molar-refractivity contribution in [3.05, 3.63) is 129 Å². The number of allylic oxidation sites excluding steroid dienone is 1. The topological polar surface area (TPSA) is 69.9 Å². The maximum absolute atomic E-state index is 13.8. The number of esters is 1. The Morgan fingerprint density at radius 3 is 2.33 bits per heavy atom. The molecule has 5 rings (SSSR count). The third-order valence-corrected chi connectivity index (χ3v) is 8.34. The smallest absolute Gasteiger partial charge is 0.338 e. The van der Waals surface area contributed by atoms with Gasteiger partial charge in [0.1, 0.15) is 12.4 Å². The molecule has 2 heterocycles. The van der Waals surface area contributed by atoms with Crippen LogP contribution in [0.3, 0.4) is 0 Å². The molecule has 198 valence electrons. The molecule has 1 aliphatic rings. The highest BCUT2D eigenvalue weighted by Gasteiger charge is 2.33. The molecule has 4 aromatic rings. The monoisotopic (exact) mass is 666 g/mol. The van der Waals surface area contributed by atoms with E-state index in [-0.39, 0.29) is 12.2 Å². The molecule has 0 aliphatic carbocycles. The largest absolute Gasteiger partial charge is 0.487 e. The second-order valence-corrected chi connectivity index (χ2v) is 11.5. The minimum atomic E-state index is -0.629. The van der Waals surface area contributed by atoms with E-state index in [2.05, 4.69) is 36.9 Å². The SMILES string of the molecule is CCOC(=O)C1=C(C)N=c2s/c(=C\c3cc(Br)c(OCc4ccccc4)c(Br)c3)c(=O)n2[C@H]1c1ccccc1. The number of ether oxygens (including phenoxy) is 2. The first kappa shape index (κ1) is 27.3. The van der Waals surface area contributed by atoms with E-state index in [1.54, 1.807) is 18.4 Å². The van der Waals surface area contributed by atoms with Gasteiger partial charge in [0.05, 0.1) is 37.4 Å². The van der Waals surface area contributed by atoms with Crippen LogP contribution in [-0.4, -0.2) is 17.1 Å². The summed E-state index contributed by atoms with van der Waals surface area (Å²) in [4.78, 5) is 31.9. The molecular formula is C30H24Br2N2O4S. The number of fused-ring (bicyclic) bond motifs is 1. The number of nitrogens with zero attached hydrogens (tertiary/aromatic N) is 2. The number of halogens is 2. The first-order valence-corrected chi connectivity index (χ1v) is 14.7. The van der Waals surface area contributed by atoms with Gasteiger partial charge in [-0.15, -0.1) is 0 Å². The molecule has 1 aliphatic heterocycles. The molecular weight excluding hydrogens is 644 g/mol. The van der Waals surface area contributed by atoms with Gasteiger partial charge in [-0.25, -0.2) is 9.79 Å². The molecule has 9 heteroatoms. The standard InChI is InChI=1S/C30H24Br2N2O4S/c1-3-37-29(36)25-18(2)33-30-34(26(25)21-12-8-5-9-13-21)28(35)24(39-30)16-20-14-22(31)27(23(32)15-20)38-17-19-10-6-4-7-11-19/h4-16,26H,3,17H2,1-2H3/b24-16-/t26-/m0/s1. The molecule has 0 unspecified atom stereocenters. The van der Waals surface area contributed by atoms with Crippen molar-refractivity contribution in [1.82, 2.24) is 4.57 Å². The van der Waals surface area contributed by atoms with Gasteiger partial charge in [0.2, 0.25) is 0 Å². The van der Waals surface area contributed by atoms with Gasteiger partial charge < -0.3 is 9.47 Å². The van der Waals surface area contributed by atoms with Gasteiger partial charge in [0.15, 0.2) is 4.80 Å². The lowest BCUT2D eigenvalue weighted by molar-refractivity contribution is -0.139. The molecule has 1 atom stereocenters. The predicted octanol–water partition coefficient (Wildman–Crippen LogP) is 5.90. The van der Waals surface area contributed by atoms with E-state index in [0.717, 1.165) is 25.6 Å². The zero-order valence-electron chi connectivity index (χ0n) is 21.2. The number of hydrogen-bond donors (Lipinski definition) is 0. The fourth-order valence-corrected chi connectivity index (χ4v) is 6.92. The van der Waals surface area contributed by atoms with Crippen LogP contribution in [0.5, 0.6) is 5.75 Å². The number of carbonyl (C=O) groups is 1. The second-order valence-electron chi connectivity index (χ2n) is 8.80. The van der Waals surface area contributed by atoms with Gasteiger partial charge in [0.25, 0.3) is 5.56 Å². The quantitative estimate of drug-likeness (QED) is 0.230. The summed E-state index contributed by atoms with van der Waals surface area (Å²) < 4.78 is 15.0. The molecule has 6 nitrogen and oxygen atoms in total. The van der Waals surface area contributed by atoms with Gasteiger partial charge in [0, 0.05) is 0 Å². The molecule has 39 heavy (non-hydrogen) atoms. The third-order valence-electron chi connectivity index (χ3n) is 6.18. The van der Waals surface area contributed by atoms with E-state index in [1.165, 1.54) is 11.3 Å². The lowest BCUT2D eigenvalue weighted by Gasteiger charge is -2.24. The van der Waals surface area contributed by atoms with Crippen molar-refractivity contribution < 1.29 is 14.3 Å². The zero-order valence-corrected chi connectivity index (χ0v) is 25.2. The van der Waals surface area contributed by atoms with Crippen LogP contribution < -0.4 is 19.6 Å². The Bertz CT molecular complexity index is 1720. The predicted molar refractivity (Wildman–Crippen MR) is 159 cm³/mol. The summed E-state index contributed by atoms with van der Waals surface area (Å²) in [6.07, 6.45) is 1.83. The summed E-state index contributed by atoms with van der Waals surface area (Å²) in [5, 5.41) is 0. The van der Waals surface area contributed by atoms with Crippen LogP contribution in [0.4, 0.5) is 0 Å². The summed E-state index contributed by atoms with van der Waals surface area (Å²) >= 11 is 8.52. The van der Waals surface area contributed by atoms with Crippen LogP contribution in [0.1, 0.15) is 36.6 Å². The maximum atomic E-state index is 13.8. The Kier molecular flexibility index (Phi) is 8.30. The number of rotatable bonds is 7. The molecule has 0 saturated heterocycles. The van der Waals surface area contributed by atoms with E-state index in [9.17, 15) is 9.59 Å².